The van der Waals surface area contributed by atoms with Crippen LogP contribution in [0.2, 0.25) is 5.02 Å². The number of aliphatic carboxylic acids is 1. The van der Waals surface area contributed by atoms with Gasteiger partial charge in [0.05, 0.1) is 16.6 Å². The summed E-state index contributed by atoms with van der Waals surface area (Å²) in [5, 5.41) is 21.1. The van der Waals surface area contributed by atoms with Crippen molar-refractivity contribution in [2.45, 2.75) is 31.8 Å². The van der Waals surface area contributed by atoms with Crippen LogP contribution in [-0.2, 0) is 4.79 Å². The molecule has 2 heterocycles. The van der Waals surface area contributed by atoms with Gasteiger partial charge in [0.25, 0.3) is 0 Å². The molecule has 0 aliphatic heterocycles. The summed E-state index contributed by atoms with van der Waals surface area (Å²) < 4.78 is 38.5. The molecule has 0 bridgehead atoms. The molecule has 4 rings (SSSR count). The van der Waals surface area contributed by atoms with Crippen molar-refractivity contribution >= 4 is 40.9 Å². The van der Waals surface area contributed by atoms with Gasteiger partial charge in [-0.25, -0.2) is 4.39 Å². The first-order valence-electron chi connectivity index (χ1n) is 10.2. The number of halogens is 3. The van der Waals surface area contributed by atoms with E-state index in [9.17, 15) is 18.4 Å². The molecule has 34 heavy (non-hydrogen) atoms. The first-order chi connectivity index (χ1) is 16.3. The Labute approximate surface area is 196 Å². The molecule has 1 saturated carbocycles. The summed E-state index contributed by atoms with van der Waals surface area (Å²) >= 11 is 5.71. The molecule has 10 nitrogen and oxygen atoms in total. The fourth-order valence-electron chi connectivity index (χ4n) is 3.41. The Kier molecular flexibility index (Phi) is 6.87. The number of pyridine rings is 1. The number of hydrogen-bond acceptors (Lipinski definition) is 8. The number of aromatic nitrogens is 3. The summed E-state index contributed by atoms with van der Waals surface area (Å²) in [6.07, 6.45) is 1.74. The van der Waals surface area contributed by atoms with Crippen LogP contribution in [0.4, 0.5) is 26.2 Å². The number of benzene rings is 1. The van der Waals surface area contributed by atoms with E-state index in [0.29, 0.717) is 31.4 Å². The van der Waals surface area contributed by atoms with Crippen molar-refractivity contribution in [3.63, 3.8) is 0 Å². The van der Waals surface area contributed by atoms with Gasteiger partial charge in [0, 0.05) is 11.8 Å². The van der Waals surface area contributed by atoms with Gasteiger partial charge in [-0.2, -0.15) is 9.37 Å². The third-order valence-corrected chi connectivity index (χ3v) is 5.46. The summed E-state index contributed by atoms with van der Waals surface area (Å²) in [6.45, 7) is 0. The van der Waals surface area contributed by atoms with Gasteiger partial charge in [-0.3, -0.25) is 9.59 Å². The van der Waals surface area contributed by atoms with E-state index in [1.165, 1.54) is 24.3 Å². The predicted molar refractivity (Wildman–Crippen MR) is 115 cm³/mol. The molecule has 1 aromatic carbocycles. The highest BCUT2D eigenvalue weighted by Crippen LogP contribution is 2.28. The van der Waals surface area contributed by atoms with Crippen molar-refractivity contribution < 1.29 is 32.6 Å². The van der Waals surface area contributed by atoms with Gasteiger partial charge in [0.2, 0.25) is 11.8 Å². The molecule has 2 aromatic heterocycles. The van der Waals surface area contributed by atoms with E-state index in [-0.39, 0.29) is 28.7 Å². The standard InChI is InChI=1S/C21H18ClF2N5O5/c22-13-9-11(3-6-14(13)23)25-21-29-28-19(34-21)18(30)26-15-7-8-16(27-17(15)24)33-12-4-1-10(2-5-12)20(31)32/h3,6-10,12H,1-2,4-5H2,(H,25,29)(H,26,30)(H,31,32)/t10-,12-. The highest BCUT2D eigenvalue weighted by Gasteiger charge is 2.27. The maximum Gasteiger partial charge on any atom is 0.320 e. The molecule has 1 amide bonds. The highest BCUT2D eigenvalue weighted by atomic mass is 35.5. The highest BCUT2D eigenvalue weighted by molar-refractivity contribution is 6.31. The molecule has 13 heteroatoms. The van der Waals surface area contributed by atoms with Gasteiger partial charge in [-0.05, 0) is 49.9 Å². The number of rotatable bonds is 7. The van der Waals surface area contributed by atoms with Gasteiger partial charge >= 0.3 is 23.8 Å². The number of nitrogens with one attached hydrogen (secondary N) is 2. The van der Waals surface area contributed by atoms with Crippen LogP contribution in [0, 0.1) is 17.7 Å². The van der Waals surface area contributed by atoms with Crippen LogP contribution in [0.5, 0.6) is 5.88 Å². The number of carboxylic acid groups (broad SMARTS) is 1. The lowest BCUT2D eigenvalue weighted by molar-refractivity contribution is -0.143. The molecule has 3 aromatic rings. The summed E-state index contributed by atoms with van der Waals surface area (Å²) in [5.74, 6) is -4.11. The first-order valence-corrected chi connectivity index (χ1v) is 10.6. The molecule has 3 N–H and O–H groups in total. The van der Waals surface area contributed by atoms with Gasteiger partial charge in [-0.1, -0.05) is 16.7 Å². The minimum Gasteiger partial charge on any atom is -0.481 e. The molecular formula is C21H18ClF2N5O5. The molecule has 0 atom stereocenters. The van der Waals surface area contributed by atoms with Crippen LogP contribution >= 0.6 is 11.6 Å². The molecule has 0 spiro atoms. The molecule has 0 radical (unpaired) electrons. The maximum absolute atomic E-state index is 14.4. The maximum atomic E-state index is 14.4. The Hall–Kier alpha value is -3.80. The number of nitrogens with zero attached hydrogens (tertiary/aromatic N) is 3. The average molecular weight is 494 g/mol. The lowest BCUT2D eigenvalue weighted by Gasteiger charge is -2.26. The van der Waals surface area contributed by atoms with Gasteiger partial charge in [0.1, 0.15) is 11.9 Å². The molecular weight excluding hydrogens is 476 g/mol. The lowest BCUT2D eigenvalue weighted by Crippen LogP contribution is -2.28. The van der Waals surface area contributed by atoms with Crippen LogP contribution in [-0.4, -0.2) is 38.3 Å². The van der Waals surface area contributed by atoms with Crippen LogP contribution in [0.1, 0.15) is 36.4 Å². The van der Waals surface area contributed by atoms with E-state index >= 15 is 0 Å². The Bertz CT molecular complexity index is 1220. The third kappa shape index (κ3) is 5.57. The third-order valence-electron chi connectivity index (χ3n) is 5.17. The minimum atomic E-state index is -0.983. The summed E-state index contributed by atoms with van der Waals surface area (Å²) in [6, 6.07) is 6.32. The first kappa shape index (κ1) is 23.4. The van der Waals surface area contributed by atoms with E-state index in [4.69, 9.17) is 25.9 Å². The fourth-order valence-corrected chi connectivity index (χ4v) is 3.59. The summed E-state index contributed by atoms with van der Waals surface area (Å²) in [4.78, 5) is 27.1. The smallest absolute Gasteiger partial charge is 0.320 e. The molecule has 1 aliphatic carbocycles. The molecule has 0 saturated heterocycles. The van der Waals surface area contributed by atoms with Crippen molar-refractivity contribution in [1.82, 2.24) is 15.2 Å². The Morgan fingerprint density at radius 3 is 2.56 bits per heavy atom. The SMILES string of the molecule is O=C(Nc1ccc(O[C@H]2CC[C@H](C(=O)O)CC2)nc1F)c1nnc(Nc2ccc(F)c(Cl)c2)o1. The van der Waals surface area contributed by atoms with Crippen LogP contribution in [0.25, 0.3) is 0 Å². The van der Waals surface area contributed by atoms with Crippen molar-refractivity contribution in [3.8, 4) is 5.88 Å². The van der Waals surface area contributed by atoms with E-state index in [2.05, 4.69) is 25.8 Å². The second-order valence-electron chi connectivity index (χ2n) is 7.54. The summed E-state index contributed by atoms with van der Waals surface area (Å²) in [5.41, 5.74) is 0.120. The van der Waals surface area contributed by atoms with E-state index < -0.39 is 35.5 Å². The van der Waals surface area contributed by atoms with Crippen molar-refractivity contribution in [1.29, 1.82) is 0 Å². The van der Waals surface area contributed by atoms with E-state index in [1.807, 2.05) is 0 Å². The number of ether oxygens (including phenoxy) is 1. The van der Waals surface area contributed by atoms with Crippen molar-refractivity contribution in [3.05, 3.63) is 53.0 Å². The molecule has 0 unspecified atom stereocenters. The Morgan fingerprint density at radius 1 is 1.12 bits per heavy atom. The normalized spacial score (nSPS) is 17.7. The number of hydrogen-bond donors (Lipinski definition) is 3. The quantitative estimate of drug-likeness (QED) is 0.408. The largest absolute Gasteiger partial charge is 0.481 e. The van der Waals surface area contributed by atoms with Crippen LogP contribution < -0.4 is 15.4 Å². The second-order valence-corrected chi connectivity index (χ2v) is 7.95. The van der Waals surface area contributed by atoms with Crippen molar-refractivity contribution in [2.75, 3.05) is 10.6 Å². The number of carbonyl (C=O) groups is 2. The Balaban J connectivity index is 1.34. The number of amides is 1. The predicted octanol–water partition coefficient (Wildman–Crippen LogP) is 4.41. The van der Waals surface area contributed by atoms with Crippen molar-refractivity contribution in [2.24, 2.45) is 5.92 Å². The zero-order valence-corrected chi connectivity index (χ0v) is 18.2. The van der Waals surface area contributed by atoms with E-state index in [1.54, 1.807) is 0 Å². The van der Waals surface area contributed by atoms with Gasteiger partial charge in [0.15, 0.2) is 0 Å². The number of carbonyl (C=O) groups excluding carboxylic acids is 1. The zero-order valence-electron chi connectivity index (χ0n) is 17.4. The van der Waals surface area contributed by atoms with Gasteiger partial charge in [-0.15, -0.1) is 5.10 Å². The lowest BCUT2D eigenvalue weighted by atomic mass is 9.87. The molecule has 178 valence electrons. The zero-order chi connectivity index (χ0) is 24.2. The topological polar surface area (TPSA) is 139 Å². The van der Waals surface area contributed by atoms with Crippen LogP contribution in [0.3, 0.4) is 0 Å². The monoisotopic (exact) mass is 493 g/mol. The minimum absolute atomic E-state index is 0.0245. The molecule has 1 fully saturated rings. The van der Waals surface area contributed by atoms with E-state index in [0.717, 1.165) is 6.07 Å². The Morgan fingerprint density at radius 2 is 1.88 bits per heavy atom. The number of anilines is 3. The van der Waals surface area contributed by atoms with Crippen LogP contribution in [0.15, 0.2) is 34.7 Å². The number of carboxylic acids is 1. The summed E-state index contributed by atoms with van der Waals surface area (Å²) in [7, 11) is 0. The fraction of sp³-hybridized carbons (Fsp3) is 0.286. The van der Waals surface area contributed by atoms with Gasteiger partial charge < -0.3 is 24.9 Å². The average Bonchev–Trinajstić information content (AvgIpc) is 3.27. The second kappa shape index (κ2) is 10.00. The molecule has 1 aliphatic rings.